The molecule has 0 saturated heterocycles. The van der Waals surface area contributed by atoms with Crippen molar-refractivity contribution in [2.45, 2.75) is 0 Å². The molecule has 3 nitrogen and oxygen atoms in total. The molecule has 0 spiro atoms. The van der Waals surface area contributed by atoms with E-state index in [9.17, 15) is 5.26 Å². The van der Waals surface area contributed by atoms with E-state index in [4.69, 9.17) is 4.74 Å². The Morgan fingerprint density at radius 1 is 1.28 bits per heavy atom. The maximum atomic E-state index is 9.17. The average Bonchev–Trinajstić information content (AvgIpc) is 2.46. The molecule has 2 rings (SSSR count). The second kappa shape index (κ2) is 5.65. The highest BCUT2D eigenvalue weighted by Crippen LogP contribution is 2.18. The quantitative estimate of drug-likeness (QED) is 0.769. The van der Waals surface area contributed by atoms with E-state index in [1.807, 2.05) is 42.5 Å². The van der Waals surface area contributed by atoms with Crippen molar-refractivity contribution in [3.05, 3.63) is 59.9 Å². The number of rotatable bonds is 3. The van der Waals surface area contributed by atoms with Crippen LogP contribution in [-0.4, -0.2) is 12.1 Å². The van der Waals surface area contributed by atoms with Gasteiger partial charge in [-0.05, 0) is 29.8 Å². The fourth-order valence-corrected chi connectivity index (χ4v) is 1.57. The lowest BCUT2D eigenvalue weighted by atomic mass is 10.1. The molecule has 2 aromatic rings. The molecule has 0 aliphatic rings. The SMILES string of the molecule is COc1ccc(/C=C(/C#N)c2cccnc2)cc1. The summed E-state index contributed by atoms with van der Waals surface area (Å²) >= 11 is 0. The summed E-state index contributed by atoms with van der Waals surface area (Å²) in [6, 6.07) is 13.4. The molecular formula is C15H12N2O. The third-order valence-corrected chi connectivity index (χ3v) is 2.52. The van der Waals surface area contributed by atoms with Gasteiger partial charge in [-0.25, -0.2) is 0 Å². The number of hydrogen-bond acceptors (Lipinski definition) is 3. The van der Waals surface area contributed by atoms with Crippen LogP contribution in [0.4, 0.5) is 0 Å². The fourth-order valence-electron chi connectivity index (χ4n) is 1.57. The molecule has 18 heavy (non-hydrogen) atoms. The highest BCUT2D eigenvalue weighted by Gasteiger charge is 2.00. The molecule has 0 atom stereocenters. The van der Waals surface area contributed by atoms with Gasteiger partial charge < -0.3 is 4.74 Å². The smallest absolute Gasteiger partial charge is 0.118 e. The average molecular weight is 236 g/mol. The lowest BCUT2D eigenvalue weighted by molar-refractivity contribution is 0.415. The minimum absolute atomic E-state index is 0.591. The van der Waals surface area contributed by atoms with Crippen LogP contribution in [0.5, 0.6) is 5.75 Å². The number of nitrogens with zero attached hydrogens (tertiary/aromatic N) is 2. The van der Waals surface area contributed by atoms with E-state index in [0.29, 0.717) is 5.57 Å². The maximum Gasteiger partial charge on any atom is 0.118 e. The first-order valence-electron chi connectivity index (χ1n) is 5.50. The van der Waals surface area contributed by atoms with Gasteiger partial charge >= 0.3 is 0 Å². The number of allylic oxidation sites excluding steroid dienone is 1. The number of aromatic nitrogens is 1. The van der Waals surface area contributed by atoms with Gasteiger partial charge in [-0.1, -0.05) is 18.2 Å². The number of hydrogen-bond donors (Lipinski definition) is 0. The molecule has 1 aromatic heterocycles. The number of nitriles is 1. The monoisotopic (exact) mass is 236 g/mol. The Hall–Kier alpha value is -2.60. The van der Waals surface area contributed by atoms with E-state index >= 15 is 0 Å². The highest BCUT2D eigenvalue weighted by molar-refractivity contribution is 5.89. The summed E-state index contributed by atoms with van der Waals surface area (Å²) in [5.41, 5.74) is 2.36. The summed E-state index contributed by atoms with van der Waals surface area (Å²) in [5, 5.41) is 9.17. The minimum Gasteiger partial charge on any atom is -0.497 e. The number of ether oxygens (including phenoxy) is 1. The molecule has 0 aliphatic carbocycles. The van der Waals surface area contributed by atoms with Crippen molar-refractivity contribution in [2.24, 2.45) is 0 Å². The largest absolute Gasteiger partial charge is 0.497 e. The topological polar surface area (TPSA) is 45.9 Å². The zero-order valence-corrected chi connectivity index (χ0v) is 10.00. The van der Waals surface area contributed by atoms with Gasteiger partial charge in [-0.3, -0.25) is 4.98 Å². The second-order valence-electron chi connectivity index (χ2n) is 3.68. The van der Waals surface area contributed by atoms with Crippen LogP contribution in [0.15, 0.2) is 48.8 Å². The Morgan fingerprint density at radius 2 is 2.06 bits per heavy atom. The summed E-state index contributed by atoms with van der Waals surface area (Å²) in [7, 11) is 1.63. The predicted octanol–water partition coefficient (Wildman–Crippen LogP) is 3.15. The van der Waals surface area contributed by atoms with Gasteiger partial charge in [0.05, 0.1) is 18.8 Å². The molecular weight excluding hydrogens is 224 g/mol. The van der Waals surface area contributed by atoms with Crippen molar-refractivity contribution in [1.82, 2.24) is 4.98 Å². The van der Waals surface area contributed by atoms with Crippen LogP contribution in [0.25, 0.3) is 11.6 Å². The normalized spacial score (nSPS) is 10.8. The highest BCUT2D eigenvalue weighted by atomic mass is 16.5. The summed E-state index contributed by atoms with van der Waals surface area (Å²) < 4.78 is 5.09. The van der Waals surface area contributed by atoms with Gasteiger partial charge in [-0.15, -0.1) is 0 Å². The molecule has 0 saturated carbocycles. The van der Waals surface area contributed by atoms with E-state index in [0.717, 1.165) is 16.9 Å². The number of benzene rings is 1. The van der Waals surface area contributed by atoms with Gasteiger partial charge in [-0.2, -0.15) is 5.26 Å². The standard InChI is InChI=1S/C15H12N2O/c1-18-15-6-4-12(5-7-15)9-14(10-16)13-3-2-8-17-11-13/h2-9,11H,1H3/b14-9-. The zero-order chi connectivity index (χ0) is 12.8. The number of methoxy groups -OCH3 is 1. The Kier molecular flexibility index (Phi) is 3.72. The van der Waals surface area contributed by atoms with Gasteiger partial charge in [0.15, 0.2) is 0 Å². The van der Waals surface area contributed by atoms with Crippen LogP contribution in [-0.2, 0) is 0 Å². The van der Waals surface area contributed by atoms with Crippen LogP contribution in [0.1, 0.15) is 11.1 Å². The van der Waals surface area contributed by atoms with E-state index < -0.39 is 0 Å². The lowest BCUT2D eigenvalue weighted by Gasteiger charge is -2.01. The third-order valence-electron chi connectivity index (χ3n) is 2.52. The van der Waals surface area contributed by atoms with E-state index in [-0.39, 0.29) is 0 Å². The molecule has 88 valence electrons. The van der Waals surface area contributed by atoms with Crippen molar-refractivity contribution in [1.29, 1.82) is 5.26 Å². The summed E-state index contributed by atoms with van der Waals surface area (Å²) in [6.45, 7) is 0. The Balaban J connectivity index is 2.33. The second-order valence-corrected chi connectivity index (χ2v) is 3.68. The van der Waals surface area contributed by atoms with Crippen molar-refractivity contribution < 1.29 is 4.74 Å². The molecule has 0 amide bonds. The van der Waals surface area contributed by atoms with Crippen LogP contribution >= 0.6 is 0 Å². The van der Waals surface area contributed by atoms with Gasteiger partial charge in [0.25, 0.3) is 0 Å². The first-order valence-corrected chi connectivity index (χ1v) is 5.50. The van der Waals surface area contributed by atoms with Gasteiger partial charge in [0.1, 0.15) is 5.75 Å². The minimum atomic E-state index is 0.591. The van der Waals surface area contributed by atoms with Crippen molar-refractivity contribution in [3.63, 3.8) is 0 Å². The zero-order valence-electron chi connectivity index (χ0n) is 10.00. The Morgan fingerprint density at radius 3 is 2.61 bits per heavy atom. The van der Waals surface area contributed by atoms with E-state index in [2.05, 4.69) is 11.1 Å². The summed E-state index contributed by atoms with van der Waals surface area (Å²) in [5.74, 6) is 0.798. The molecule has 3 heteroatoms. The summed E-state index contributed by atoms with van der Waals surface area (Å²) in [4.78, 5) is 4.01. The fraction of sp³-hybridized carbons (Fsp3) is 0.0667. The molecule has 0 fully saturated rings. The van der Waals surface area contributed by atoms with Gasteiger partial charge in [0, 0.05) is 18.0 Å². The molecule has 1 aromatic carbocycles. The van der Waals surface area contributed by atoms with Crippen LogP contribution in [0.2, 0.25) is 0 Å². The van der Waals surface area contributed by atoms with Crippen LogP contribution < -0.4 is 4.74 Å². The van der Waals surface area contributed by atoms with Crippen molar-refractivity contribution in [3.8, 4) is 11.8 Å². The molecule has 0 aliphatic heterocycles. The lowest BCUT2D eigenvalue weighted by Crippen LogP contribution is -1.84. The number of pyridine rings is 1. The van der Waals surface area contributed by atoms with Crippen LogP contribution in [0.3, 0.4) is 0 Å². The molecule has 0 radical (unpaired) electrons. The third kappa shape index (κ3) is 2.74. The first-order chi connectivity index (χ1) is 8.83. The maximum absolute atomic E-state index is 9.17. The predicted molar refractivity (Wildman–Crippen MR) is 70.7 cm³/mol. The molecule has 0 unspecified atom stereocenters. The van der Waals surface area contributed by atoms with Crippen LogP contribution in [0, 0.1) is 11.3 Å². The van der Waals surface area contributed by atoms with E-state index in [1.165, 1.54) is 0 Å². The molecule has 1 heterocycles. The van der Waals surface area contributed by atoms with Crippen molar-refractivity contribution in [2.75, 3.05) is 7.11 Å². The molecule has 0 bridgehead atoms. The first kappa shape index (κ1) is 11.9. The van der Waals surface area contributed by atoms with Crippen molar-refractivity contribution >= 4 is 11.6 Å². The summed E-state index contributed by atoms with van der Waals surface area (Å²) in [6.07, 6.45) is 5.20. The Bertz CT molecular complexity index is 580. The van der Waals surface area contributed by atoms with Gasteiger partial charge in [0.2, 0.25) is 0 Å². The molecule has 0 N–H and O–H groups in total. The van der Waals surface area contributed by atoms with E-state index in [1.54, 1.807) is 19.5 Å². The Labute approximate surface area is 106 Å².